The van der Waals surface area contributed by atoms with Gasteiger partial charge in [-0.25, -0.2) is 9.37 Å². The Morgan fingerprint density at radius 1 is 1.10 bits per heavy atom. The summed E-state index contributed by atoms with van der Waals surface area (Å²) in [7, 11) is 0. The van der Waals surface area contributed by atoms with Crippen LogP contribution < -0.4 is 10.6 Å². The lowest BCUT2D eigenvalue weighted by molar-refractivity contribution is 0.264. The highest BCUT2D eigenvalue weighted by molar-refractivity contribution is 5.80. The molecule has 0 bridgehead atoms. The monoisotopic (exact) mass is 274 g/mol. The Labute approximate surface area is 118 Å². The molecule has 4 nitrogen and oxygen atoms in total. The molecule has 2 heterocycles. The molecule has 2 aromatic rings. The number of benzene rings is 1. The largest absolute Gasteiger partial charge is 0.354 e. The third-order valence-electron chi connectivity index (χ3n) is 3.78. The SMILES string of the molecule is NCCN1CCN(c2ccc3cc(F)ccc3n2)CC1. The van der Waals surface area contributed by atoms with E-state index >= 15 is 0 Å². The van der Waals surface area contributed by atoms with Crippen molar-refractivity contribution in [3.05, 3.63) is 36.1 Å². The average molecular weight is 274 g/mol. The Morgan fingerprint density at radius 3 is 2.65 bits per heavy atom. The maximum absolute atomic E-state index is 13.2. The van der Waals surface area contributed by atoms with E-state index in [4.69, 9.17) is 5.73 Å². The summed E-state index contributed by atoms with van der Waals surface area (Å²) in [5.41, 5.74) is 6.42. The van der Waals surface area contributed by atoms with Crippen LogP contribution in [0.5, 0.6) is 0 Å². The lowest BCUT2D eigenvalue weighted by atomic mass is 10.2. The Hall–Kier alpha value is -1.72. The Morgan fingerprint density at radius 2 is 1.90 bits per heavy atom. The zero-order valence-electron chi connectivity index (χ0n) is 11.4. The third kappa shape index (κ3) is 2.73. The minimum absolute atomic E-state index is 0.220. The number of halogens is 1. The molecule has 1 saturated heterocycles. The minimum atomic E-state index is -0.220. The Balaban J connectivity index is 1.76. The molecule has 2 N–H and O–H groups in total. The number of nitrogens with two attached hydrogens (primary N) is 1. The molecule has 20 heavy (non-hydrogen) atoms. The number of fused-ring (bicyclic) bond motifs is 1. The van der Waals surface area contributed by atoms with Crippen LogP contribution in [0.3, 0.4) is 0 Å². The van der Waals surface area contributed by atoms with Gasteiger partial charge in [0.05, 0.1) is 5.52 Å². The van der Waals surface area contributed by atoms with Gasteiger partial charge in [-0.1, -0.05) is 0 Å². The first-order valence-electron chi connectivity index (χ1n) is 7.00. The molecule has 0 unspecified atom stereocenters. The van der Waals surface area contributed by atoms with Gasteiger partial charge in [-0.3, -0.25) is 4.90 Å². The van der Waals surface area contributed by atoms with Crippen molar-refractivity contribution in [1.29, 1.82) is 0 Å². The molecular weight excluding hydrogens is 255 g/mol. The summed E-state index contributed by atoms with van der Waals surface area (Å²) in [6.45, 7) is 5.61. The fourth-order valence-electron chi connectivity index (χ4n) is 2.64. The number of rotatable bonds is 3. The van der Waals surface area contributed by atoms with E-state index < -0.39 is 0 Å². The van der Waals surface area contributed by atoms with Gasteiger partial charge >= 0.3 is 0 Å². The highest BCUT2D eigenvalue weighted by Gasteiger charge is 2.17. The number of hydrogen-bond acceptors (Lipinski definition) is 4. The zero-order chi connectivity index (χ0) is 13.9. The van der Waals surface area contributed by atoms with E-state index in [2.05, 4.69) is 14.8 Å². The van der Waals surface area contributed by atoms with Gasteiger partial charge < -0.3 is 10.6 Å². The standard InChI is InChI=1S/C15H19FN4/c16-13-2-3-14-12(11-13)1-4-15(18-14)20-9-7-19(6-5-17)8-10-20/h1-4,11H,5-10,17H2. The van der Waals surface area contributed by atoms with Crippen LogP contribution in [0.4, 0.5) is 10.2 Å². The van der Waals surface area contributed by atoms with Crippen LogP contribution in [0.25, 0.3) is 10.9 Å². The molecule has 1 fully saturated rings. The van der Waals surface area contributed by atoms with Crippen LogP contribution in [0.1, 0.15) is 0 Å². The number of pyridine rings is 1. The lowest BCUT2D eigenvalue weighted by Gasteiger charge is -2.35. The van der Waals surface area contributed by atoms with Gasteiger partial charge in [0.1, 0.15) is 11.6 Å². The van der Waals surface area contributed by atoms with Gasteiger partial charge in [0.2, 0.25) is 0 Å². The molecular formula is C15H19FN4. The van der Waals surface area contributed by atoms with E-state index in [0.717, 1.165) is 49.4 Å². The number of piperazine rings is 1. The van der Waals surface area contributed by atoms with Crippen LogP contribution in [-0.2, 0) is 0 Å². The smallest absolute Gasteiger partial charge is 0.129 e. The van der Waals surface area contributed by atoms with Crippen molar-refractivity contribution >= 4 is 16.7 Å². The van der Waals surface area contributed by atoms with Gasteiger partial charge in [-0.2, -0.15) is 0 Å². The summed E-state index contributed by atoms with van der Waals surface area (Å²) in [5.74, 6) is 0.749. The van der Waals surface area contributed by atoms with Crippen molar-refractivity contribution in [2.45, 2.75) is 0 Å². The summed E-state index contributed by atoms with van der Waals surface area (Å²) in [4.78, 5) is 9.27. The maximum Gasteiger partial charge on any atom is 0.129 e. The van der Waals surface area contributed by atoms with Crippen LogP contribution in [0, 0.1) is 5.82 Å². The van der Waals surface area contributed by atoms with E-state index in [1.165, 1.54) is 12.1 Å². The Kier molecular flexibility index (Phi) is 3.80. The number of anilines is 1. The average Bonchev–Trinajstić information content (AvgIpc) is 2.48. The van der Waals surface area contributed by atoms with Crippen molar-refractivity contribution in [2.75, 3.05) is 44.2 Å². The first-order valence-corrected chi connectivity index (χ1v) is 7.00. The molecule has 1 aromatic heterocycles. The highest BCUT2D eigenvalue weighted by atomic mass is 19.1. The zero-order valence-corrected chi connectivity index (χ0v) is 11.4. The van der Waals surface area contributed by atoms with E-state index in [-0.39, 0.29) is 5.82 Å². The van der Waals surface area contributed by atoms with Crippen molar-refractivity contribution in [1.82, 2.24) is 9.88 Å². The molecule has 0 aliphatic carbocycles. The molecule has 1 aliphatic rings. The van der Waals surface area contributed by atoms with Gasteiger partial charge in [0.25, 0.3) is 0 Å². The fourth-order valence-corrected chi connectivity index (χ4v) is 2.64. The van der Waals surface area contributed by atoms with Crippen LogP contribution >= 0.6 is 0 Å². The summed E-state index contributed by atoms with van der Waals surface area (Å²) in [5, 5.41) is 0.843. The van der Waals surface area contributed by atoms with Gasteiger partial charge in [0, 0.05) is 44.7 Å². The predicted molar refractivity (Wildman–Crippen MR) is 79.4 cm³/mol. The second-order valence-corrected chi connectivity index (χ2v) is 5.12. The lowest BCUT2D eigenvalue weighted by Crippen LogP contribution is -2.48. The first kappa shape index (κ1) is 13.3. The van der Waals surface area contributed by atoms with Crippen LogP contribution in [0.2, 0.25) is 0 Å². The van der Waals surface area contributed by atoms with E-state index in [9.17, 15) is 4.39 Å². The van der Waals surface area contributed by atoms with Gasteiger partial charge in [-0.15, -0.1) is 0 Å². The Bertz CT molecular complexity index is 593. The third-order valence-corrected chi connectivity index (χ3v) is 3.78. The summed E-state index contributed by atoms with van der Waals surface area (Å²) in [6, 6.07) is 8.62. The summed E-state index contributed by atoms with van der Waals surface area (Å²) in [6.07, 6.45) is 0. The predicted octanol–water partition coefficient (Wildman–Crippen LogP) is 1.45. The number of nitrogens with zero attached hydrogens (tertiary/aromatic N) is 3. The normalized spacial score (nSPS) is 16.8. The van der Waals surface area contributed by atoms with Crippen LogP contribution in [-0.4, -0.2) is 49.2 Å². The van der Waals surface area contributed by atoms with Gasteiger partial charge in [-0.05, 0) is 30.3 Å². The van der Waals surface area contributed by atoms with E-state index in [0.29, 0.717) is 6.54 Å². The second-order valence-electron chi connectivity index (χ2n) is 5.12. The van der Waals surface area contributed by atoms with E-state index in [1.54, 1.807) is 6.07 Å². The van der Waals surface area contributed by atoms with Crippen LogP contribution in [0.15, 0.2) is 30.3 Å². The molecule has 0 spiro atoms. The van der Waals surface area contributed by atoms with Crippen molar-refractivity contribution in [2.24, 2.45) is 5.73 Å². The quantitative estimate of drug-likeness (QED) is 0.920. The molecule has 0 amide bonds. The molecule has 1 aliphatic heterocycles. The van der Waals surface area contributed by atoms with Crippen molar-refractivity contribution < 1.29 is 4.39 Å². The molecule has 5 heteroatoms. The maximum atomic E-state index is 13.2. The molecule has 0 saturated carbocycles. The summed E-state index contributed by atoms with van der Waals surface area (Å²) >= 11 is 0. The molecule has 0 radical (unpaired) electrons. The minimum Gasteiger partial charge on any atom is -0.354 e. The second kappa shape index (κ2) is 5.73. The number of aromatic nitrogens is 1. The van der Waals surface area contributed by atoms with E-state index in [1.807, 2.05) is 12.1 Å². The van der Waals surface area contributed by atoms with Gasteiger partial charge in [0.15, 0.2) is 0 Å². The number of hydrogen-bond donors (Lipinski definition) is 1. The molecule has 1 aromatic carbocycles. The highest BCUT2D eigenvalue weighted by Crippen LogP contribution is 2.20. The van der Waals surface area contributed by atoms with Crippen molar-refractivity contribution in [3.63, 3.8) is 0 Å². The first-order chi connectivity index (χ1) is 9.76. The molecule has 106 valence electrons. The molecule has 3 rings (SSSR count). The topological polar surface area (TPSA) is 45.4 Å². The fraction of sp³-hybridized carbons (Fsp3) is 0.400. The summed E-state index contributed by atoms with van der Waals surface area (Å²) < 4.78 is 13.2. The van der Waals surface area contributed by atoms with Crippen molar-refractivity contribution in [3.8, 4) is 0 Å². The molecule has 0 atom stereocenters.